The molecule has 12 rings (SSSR count). The number of para-hydroxylation sites is 12. The molecule has 11 heteroatoms. The summed E-state index contributed by atoms with van der Waals surface area (Å²) in [6, 6.07) is 57.7. The summed E-state index contributed by atoms with van der Waals surface area (Å²) >= 11 is 0. The predicted molar refractivity (Wildman–Crippen MR) is 232 cm³/mol. The number of ether oxygens (including phenoxy) is 3. The Kier molecular flexibility index (Phi) is 9.50. The molecule has 0 fully saturated rings. The van der Waals surface area contributed by atoms with E-state index in [4.69, 9.17) is 18.6 Å². The van der Waals surface area contributed by atoms with Gasteiger partial charge in [-0.15, -0.1) is 0 Å². The summed E-state index contributed by atoms with van der Waals surface area (Å²) < 4.78 is 24.1. The summed E-state index contributed by atoms with van der Waals surface area (Å²) in [5.74, 6) is 4.45. The van der Waals surface area contributed by atoms with Crippen LogP contribution in [0.5, 0.6) is 40.2 Å². The quantitative estimate of drug-likeness (QED) is 0.167. The van der Waals surface area contributed by atoms with Gasteiger partial charge in [-0.3, -0.25) is 0 Å². The molecule has 0 saturated heterocycles. The molecule has 3 aliphatic heterocycles. The first-order valence-electron chi connectivity index (χ1n) is 19.4. The van der Waals surface area contributed by atoms with Crippen LogP contribution in [-0.4, -0.2) is 15.2 Å². The van der Waals surface area contributed by atoms with E-state index in [0.29, 0.717) is 22.6 Å². The number of rotatable bonds is 4. The SMILES string of the molecule is Oc1ccc(N2c3ccccc3Oc3ccccc32)cc1-c1nc2ccccc2o1.Oc1ccc(N2c3ccccc3Oc3ccccc32)cc1C1[N-]c2ccccc2O1.[Zn]. The van der Waals surface area contributed by atoms with Crippen molar-refractivity contribution in [2.75, 3.05) is 9.80 Å². The van der Waals surface area contributed by atoms with E-state index >= 15 is 0 Å². The van der Waals surface area contributed by atoms with Crippen molar-refractivity contribution < 1.29 is 48.3 Å². The van der Waals surface area contributed by atoms with Crippen LogP contribution in [0.25, 0.3) is 27.9 Å². The van der Waals surface area contributed by atoms with Crippen molar-refractivity contribution >= 4 is 50.9 Å². The van der Waals surface area contributed by atoms with Gasteiger partial charge in [0.05, 0.1) is 34.5 Å². The largest absolute Gasteiger partial charge is 0.643 e. The van der Waals surface area contributed by atoms with Crippen molar-refractivity contribution in [1.82, 2.24) is 4.98 Å². The Morgan fingerprint density at radius 1 is 0.492 bits per heavy atom. The number of phenolic OH excluding ortho intramolecular Hbond substituents is 2. The average Bonchev–Trinajstić information content (AvgIpc) is 3.93. The molecule has 292 valence electrons. The summed E-state index contributed by atoms with van der Waals surface area (Å²) in [6.45, 7) is 0. The summed E-state index contributed by atoms with van der Waals surface area (Å²) in [5.41, 5.74) is 8.83. The molecule has 0 spiro atoms. The van der Waals surface area contributed by atoms with Crippen molar-refractivity contribution in [3.05, 3.63) is 193 Å². The number of benzene rings is 8. The van der Waals surface area contributed by atoms with Crippen molar-refractivity contribution in [3.63, 3.8) is 0 Å². The van der Waals surface area contributed by atoms with Crippen LogP contribution in [0, 0.1) is 0 Å². The Morgan fingerprint density at radius 3 is 1.52 bits per heavy atom. The van der Waals surface area contributed by atoms with Gasteiger partial charge in [-0.05, 0) is 103 Å². The maximum atomic E-state index is 10.6. The molecule has 10 nitrogen and oxygen atoms in total. The Hall–Kier alpha value is -7.75. The molecule has 2 N–H and O–H groups in total. The summed E-state index contributed by atoms with van der Waals surface area (Å²) in [7, 11) is 0. The van der Waals surface area contributed by atoms with E-state index in [-0.39, 0.29) is 31.0 Å². The minimum absolute atomic E-state index is 0. The number of oxazole rings is 1. The number of hydrogen-bond acceptors (Lipinski definition) is 9. The van der Waals surface area contributed by atoms with Gasteiger partial charge >= 0.3 is 0 Å². The number of anilines is 6. The molecule has 0 radical (unpaired) electrons. The van der Waals surface area contributed by atoms with Crippen LogP contribution < -0.4 is 24.0 Å². The van der Waals surface area contributed by atoms with E-state index < -0.39 is 6.23 Å². The van der Waals surface area contributed by atoms with E-state index in [1.165, 1.54) is 0 Å². The van der Waals surface area contributed by atoms with Gasteiger partial charge in [0.25, 0.3) is 0 Å². The fourth-order valence-electron chi connectivity index (χ4n) is 7.74. The maximum absolute atomic E-state index is 10.6. The van der Waals surface area contributed by atoms with E-state index in [1.807, 2.05) is 170 Å². The topological polar surface area (TPSA) is 115 Å². The van der Waals surface area contributed by atoms with Crippen molar-refractivity contribution in [2.45, 2.75) is 6.23 Å². The summed E-state index contributed by atoms with van der Waals surface area (Å²) in [5, 5.41) is 25.8. The molecule has 1 unspecified atom stereocenters. The van der Waals surface area contributed by atoms with Crippen LogP contribution in [0.4, 0.5) is 39.8 Å². The van der Waals surface area contributed by atoms with Gasteiger partial charge in [0.15, 0.2) is 28.6 Å². The molecule has 1 aromatic heterocycles. The first-order chi connectivity index (χ1) is 29.6. The van der Waals surface area contributed by atoms with Crippen molar-refractivity contribution in [2.24, 2.45) is 0 Å². The standard InChI is InChI=1S/C25H17N2O3.C25H16N2O3.Zn/c2*28-21-14-13-16(15-17(21)25-26-18-7-1-4-10-22(18)30-25)27-19-8-2-5-11-23(19)29-24-12-6-3-9-20(24)27;/h1-15,25,28H;1-15,28H;/q-1;;. The van der Waals surface area contributed by atoms with Crippen LogP contribution in [0.1, 0.15) is 11.8 Å². The summed E-state index contributed by atoms with van der Waals surface area (Å²) in [4.78, 5) is 8.78. The smallest absolute Gasteiger partial charge is 0.231 e. The molecule has 0 aliphatic carbocycles. The zero-order valence-electron chi connectivity index (χ0n) is 32.4. The van der Waals surface area contributed by atoms with Crippen LogP contribution >= 0.6 is 0 Å². The number of phenols is 2. The molecule has 8 aromatic carbocycles. The third kappa shape index (κ3) is 6.71. The maximum Gasteiger partial charge on any atom is 0.231 e. The molecule has 0 bridgehead atoms. The second-order valence-corrected chi connectivity index (χ2v) is 14.2. The van der Waals surface area contributed by atoms with Crippen molar-refractivity contribution in [3.8, 4) is 51.7 Å². The monoisotopic (exact) mass is 849 g/mol. The minimum Gasteiger partial charge on any atom is -0.643 e. The van der Waals surface area contributed by atoms with E-state index in [2.05, 4.69) is 20.1 Å². The van der Waals surface area contributed by atoms with Crippen LogP contribution in [0.3, 0.4) is 0 Å². The molecule has 1 atom stereocenters. The molecule has 3 aliphatic rings. The molecule has 61 heavy (non-hydrogen) atoms. The fourth-order valence-corrected chi connectivity index (χ4v) is 7.74. The first kappa shape index (κ1) is 37.5. The number of fused-ring (bicyclic) bond motifs is 6. The zero-order valence-corrected chi connectivity index (χ0v) is 35.4. The number of hydrogen-bond donors (Lipinski definition) is 2. The minimum atomic E-state index is -0.589. The van der Waals surface area contributed by atoms with Crippen molar-refractivity contribution in [1.29, 1.82) is 0 Å². The Labute approximate surface area is 363 Å². The van der Waals surface area contributed by atoms with Crippen LogP contribution in [-0.2, 0) is 19.5 Å². The second-order valence-electron chi connectivity index (χ2n) is 14.2. The van der Waals surface area contributed by atoms with Gasteiger partial charge in [-0.25, -0.2) is 4.98 Å². The predicted octanol–water partition coefficient (Wildman–Crippen LogP) is 13.8. The molecule has 0 saturated carbocycles. The zero-order chi connectivity index (χ0) is 40.2. The van der Waals surface area contributed by atoms with E-state index in [9.17, 15) is 10.2 Å². The average molecular weight is 851 g/mol. The molecular weight excluding hydrogens is 818 g/mol. The van der Waals surface area contributed by atoms with Crippen LogP contribution in [0.2, 0.25) is 0 Å². The number of aromatic nitrogens is 1. The van der Waals surface area contributed by atoms with Gasteiger partial charge in [-0.1, -0.05) is 84.6 Å². The number of aromatic hydroxyl groups is 2. The van der Waals surface area contributed by atoms with Gasteiger partial charge in [0.1, 0.15) is 22.8 Å². The second kappa shape index (κ2) is 15.5. The van der Waals surface area contributed by atoms with Gasteiger partial charge in [0.2, 0.25) is 5.89 Å². The third-order valence-corrected chi connectivity index (χ3v) is 10.5. The van der Waals surface area contributed by atoms with Gasteiger partial charge in [0, 0.05) is 36.4 Å². The Balaban J connectivity index is 0.000000144. The van der Waals surface area contributed by atoms with Gasteiger partial charge in [-0.2, -0.15) is 0 Å². The fraction of sp³-hybridized carbons (Fsp3) is 0.0200. The molecule has 4 heterocycles. The normalized spacial score (nSPS) is 13.9. The third-order valence-electron chi connectivity index (χ3n) is 10.5. The Bertz CT molecular complexity index is 2950. The number of nitrogens with zero attached hydrogens (tertiary/aromatic N) is 4. The molecule has 0 amide bonds. The van der Waals surface area contributed by atoms with E-state index in [0.717, 1.165) is 74.1 Å². The summed E-state index contributed by atoms with van der Waals surface area (Å²) in [6.07, 6.45) is -0.589. The Morgan fingerprint density at radius 2 is 0.967 bits per heavy atom. The van der Waals surface area contributed by atoms with Gasteiger partial charge < -0.3 is 44.0 Å². The molecule has 9 aromatic rings. The van der Waals surface area contributed by atoms with E-state index in [1.54, 1.807) is 12.1 Å². The first-order valence-corrected chi connectivity index (χ1v) is 19.4. The van der Waals surface area contributed by atoms with Crippen LogP contribution in [0.15, 0.2) is 186 Å². The molecular formula is C50H33N4O6Zn-.